The summed E-state index contributed by atoms with van der Waals surface area (Å²) in [6.45, 7) is 1.60. The van der Waals surface area contributed by atoms with Crippen LogP contribution in [0.2, 0.25) is 0 Å². The number of hydrogen-bond acceptors (Lipinski definition) is 3. The van der Waals surface area contributed by atoms with Crippen molar-refractivity contribution in [2.45, 2.75) is 24.9 Å². The van der Waals surface area contributed by atoms with Gasteiger partial charge in [-0.25, -0.2) is 9.37 Å². The van der Waals surface area contributed by atoms with E-state index in [1.165, 1.54) is 11.0 Å². The molecule has 0 amide bonds. The molecule has 0 saturated carbocycles. The van der Waals surface area contributed by atoms with Crippen LogP contribution in [0.5, 0.6) is 0 Å². The molecule has 1 fully saturated rings. The third kappa shape index (κ3) is 1.64. The Labute approximate surface area is 82.5 Å². The largest absolute Gasteiger partial charge is 0.317 e. The van der Waals surface area contributed by atoms with E-state index in [4.69, 9.17) is 0 Å². The Kier molecular flexibility index (Phi) is 2.50. The van der Waals surface area contributed by atoms with Crippen LogP contribution in [-0.2, 0) is 12.7 Å². The van der Waals surface area contributed by atoms with Crippen molar-refractivity contribution in [1.29, 1.82) is 0 Å². The molecular formula is C9H15FN4. The maximum absolute atomic E-state index is 14.5. The van der Waals surface area contributed by atoms with E-state index in [1.54, 1.807) is 7.05 Å². The molecule has 0 radical (unpaired) electrons. The maximum Gasteiger partial charge on any atom is 0.171 e. The lowest BCUT2D eigenvalue weighted by Gasteiger charge is -2.21. The minimum Gasteiger partial charge on any atom is -0.317 e. The van der Waals surface area contributed by atoms with Gasteiger partial charge in [0.05, 0.1) is 0 Å². The Morgan fingerprint density at radius 3 is 3.07 bits per heavy atom. The average molecular weight is 198 g/mol. The third-order valence-corrected chi connectivity index (χ3v) is 2.74. The summed E-state index contributed by atoms with van der Waals surface area (Å²) in [6.07, 6.45) is 3.28. The molecule has 2 heterocycles. The van der Waals surface area contributed by atoms with Crippen molar-refractivity contribution in [3.8, 4) is 0 Å². The van der Waals surface area contributed by atoms with Gasteiger partial charge in [0.25, 0.3) is 0 Å². The van der Waals surface area contributed by atoms with E-state index >= 15 is 0 Å². The molecule has 5 heteroatoms. The topological polar surface area (TPSA) is 42.7 Å². The molecule has 0 aromatic carbocycles. The monoisotopic (exact) mass is 198 g/mol. The van der Waals surface area contributed by atoms with Crippen molar-refractivity contribution in [2.24, 2.45) is 7.05 Å². The van der Waals surface area contributed by atoms with Gasteiger partial charge in [-0.1, -0.05) is 0 Å². The second-order valence-corrected chi connectivity index (χ2v) is 3.78. The lowest BCUT2D eigenvalue weighted by Crippen LogP contribution is -2.26. The van der Waals surface area contributed by atoms with Crippen molar-refractivity contribution in [2.75, 3.05) is 13.1 Å². The molecular weight excluding hydrogens is 183 g/mol. The van der Waals surface area contributed by atoms with E-state index < -0.39 is 5.67 Å². The fraction of sp³-hybridized carbons (Fsp3) is 0.778. The normalized spacial score (nSPS) is 28.7. The Morgan fingerprint density at radius 1 is 1.50 bits per heavy atom. The molecule has 78 valence electrons. The van der Waals surface area contributed by atoms with Crippen LogP contribution in [-0.4, -0.2) is 27.9 Å². The van der Waals surface area contributed by atoms with Gasteiger partial charge < -0.3 is 5.32 Å². The Balaban J connectivity index is 2.25. The quantitative estimate of drug-likeness (QED) is 0.724. The molecule has 0 aliphatic carbocycles. The zero-order valence-corrected chi connectivity index (χ0v) is 8.33. The molecule has 1 N–H and O–H groups in total. The zero-order chi connectivity index (χ0) is 10.0. The summed E-state index contributed by atoms with van der Waals surface area (Å²) < 4.78 is 16.0. The highest BCUT2D eigenvalue weighted by atomic mass is 19.1. The molecule has 1 saturated heterocycles. The SMILES string of the molecule is Cn1ncnc1C1(F)CCCNCC1. The predicted octanol–water partition coefficient (Wildman–Crippen LogP) is 0.753. The lowest BCUT2D eigenvalue weighted by atomic mass is 9.96. The van der Waals surface area contributed by atoms with Crippen molar-refractivity contribution >= 4 is 0 Å². The number of nitrogens with zero attached hydrogens (tertiary/aromatic N) is 3. The number of alkyl halides is 1. The van der Waals surface area contributed by atoms with Crippen LogP contribution < -0.4 is 5.32 Å². The van der Waals surface area contributed by atoms with Crippen LogP contribution in [0.25, 0.3) is 0 Å². The second-order valence-electron chi connectivity index (χ2n) is 3.78. The first kappa shape index (κ1) is 9.58. The molecule has 2 rings (SSSR count). The van der Waals surface area contributed by atoms with E-state index in [0.29, 0.717) is 25.2 Å². The van der Waals surface area contributed by atoms with Crippen LogP contribution in [0.15, 0.2) is 6.33 Å². The van der Waals surface area contributed by atoms with E-state index in [2.05, 4.69) is 15.4 Å². The van der Waals surface area contributed by atoms with Crippen LogP contribution >= 0.6 is 0 Å². The van der Waals surface area contributed by atoms with Gasteiger partial charge in [0, 0.05) is 13.5 Å². The lowest BCUT2D eigenvalue weighted by molar-refractivity contribution is 0.127. The third-order valence-electron chi connectivity index (χ3n) is 2.74. The summed E-state index contributed by atoms with van der Waals surface area (Å²) >= 11 is 0. The molecule has 1 atom stereocenters. The van der Waals surface area contributed by atoms with Gasteiger partial charge in [-0.2, -0.15) is 5.10 Å². The van der Waals surface area contributed by atoms with Crippen LogP contribution in [0, 0.1) is 0 Å². The van der Waals surface area contributed by atoms with Crippen molar-refractivity contribution < 1.29 is 4.39 Å². The fourth-order valence-electron chi connectivity index (χ4n) is 1.96. The van der Waals surface area contributed by atoms with E-state index in [9.17, 15) is 4.39 Å². The van der Waals surface area contributed by atoms with Crippen LogP contribution in [0.4, 0.5) is 4.39 Å². The van der Waals surface area contributed by atoms with Gasteiger partial charge in [0.1, 0.15) is 6.33 Å². The highest BCUT2D eigenvalue weighted by Crippen LogP contribution is 2.33. The van der Waals surface area contributed by atoms with Crippen LogP contribution in [0.1, 0.15) is 25.1 Å². The molecule has 1 unspecified atom stereocenters. The number of nitrogens with one attached hydrogen (secondary N) is 1. The molecule has 1 aliphatic heterocycles. The van der Waals surface area contributed by atoms with Gasteiger partial charge >= 0.3 is 0 Å². The van der Waals surface area contributed by atoms with Crippen molar-refractivity contribution in [3.63, 3.8) is 0 Å². The van der Waals surface area contributed by atoms with Gasteiger partial charge in [-0.3, -0.25) is 4.68 Å². The summed E-state index contributed by atoms with van der Waals surface area (Å²) in [5.41, 5.74) is -1.30. The number of halogens is 1. The Bertz CT molecular complexity index is 302. The molecule has 0 bridgehead atoms. The highest BCUT2D eigenvalue weighted by molar-refractivity contribution is 5.02. The summed E-state index contributed by atoms with van der Waals surface area (Å²) in [7, 11) is 1.74. The average Bonchev–Trinajstić information content (AvgIpc) is 2.46. The summed E-state index contributed by atoms with van der Waals surface area (Å²) in [5, 5.41) is 7.10. The summed E-state index contributed by atoms with van der Waals surface area (Å²) in [5.74, 6) is 0.459. The first-order valence-electron chi connectivity index (χ1n) is 4.96. The zero-order valence-electron chi connectivity index (χ0n) is 8.33. The van der Waals surface area contributed by atoms with E-state index in [1.807, 2.05) is 0 Å². The summed E-state index contributed by atoms with van der Waals surface area (Å²) in [6, 6.07) is 0. The van der Waals surface area contributed by atoms with Crippen molar-refractivity contribution in [1.82, 2.24) is 20.1 Å². The predicted molar refractivity (Wildman–Crippen MR) is 50.5 cm³/mol. The fourth-order valence-corrected chi connectivity index (χ4v) is 1.96. The number of aryl methyl sites for hydroxylation is 1. The smallest absolute Gasteiger partial charge is 0.171 e. The van der Waals surface area contributed by atoms with Gasteiger partial charge in [-0.15, -0.1) is 0 Å². The van der Waals surface area contributed by atoms with E-state index in [0.717, 1.165) is 13.0 Å². The number of rotatable bonds is 1. The molecule has 1 aromatic rings. The molecule has 14 heavy (non-hydrogen) atoms. The van der Waals surface area contributed by atoms with Gasteiger partial charge in [0.15, 0.2) is 11.5 Å². The maximum atomic E-state index is 14.5. The molecule has 4 nitrogen and oxygen atoms in total. The minimum atomic E-state index is -1.30. The Morgan fingerprint density at radius 2 is 2.36 bits per heavy atom. The van der Waals surface area contributed by atoms with Gasteiger partial charge in [-0.05, 0) is 25.9 Å². The summed E-state index contributed by atoms with van der Waals surface area (Å²) in [4.78, 5) is 4.00. The van der Waals surface area contributed by atoms with Crippen molar-refractivity contribution in [3.05, 3.63) is 12.2 Å². The number of hydrogen-bond donors (Lipinski definition) is 1. The molecule has 0 spiro atoms. The number of aromatic nitrogens is 3. The first-order valence-corrected chi connectivity index (χ1v) is 4.96. The molecule has 1 aliphatic rings. The standard InChI is InChI=1S/C9H15FN4/c1-14-8(12-7-13-14)9(10)3-2-5-11-6-4-9/h7,11H,2-6H2,1H3. The van der Waals surface area contributed by atoms with E-state index in [-0.39, 0.29) is 0 Å². The molecule has 1 aromatic heterocycles. The van der Waals surface area contributed by atoms with Crippen LogP contribution in [0.3, 0.4) is 0 Å². The first-order chi connectivity index (χ1) is 6.72. The second kappa shape index (κ2) is 3.65. The minimum absolute atomic E-state index is 0.459. The Hall–Kier alpha value is -0.970. The van der Waals surface area contributed by atoms with Gasteiger partial charge in [0.2, 0.25) is 0 Å². The highest BCUT2D eigenvalue weighted by Gasteiger charge is 2.36.